The molecule has 0 aromatic heterocycles. The van der Waals surface area contributed by atoms with Gasteiger partial charge in [0.25, 0.3) is 0 Å². The standard InChI is InChI=1S/C19H28Cl2O2/c20-17-12-5-2-1-4-10(12)8-11-9-15-13(18(21)16(11)17)6-3-7-14(15)19(22)23/h10-18H,1-9H2,(H,22,23). The summed E-state index contributed by atoms with van der Waals surface area (Å²) >= 11 is 14.0. The number of carboxylic acid groups (broad SMARTS) is 1. The minimum Gasteiger partial charge on any atom is -0.481 e. The molecule has 0 saturated heterocycles. The first-order valence-electron chi connectivity index (χ1n) is 9.59. The van der Waals surface area contributed by atoms with Crippen LogP contribution in [0.15, 0.2) is 0 Å². The fourth-order valence-corrected chi connectivity index (χ4v) is 8.15. The van der Waals surface area contributed by atoms with Crippen LogP contribution in [0, 0.1) is 41.4 Å². The fraction of sp³-hybridized carbons (Fsp3) is 0.947. The summed E-state index contributed by atoms with van der Waals surface area (Å²) in [5.41, 5.74) is 0. The monoisotopic (exact) mass is 358 g/mol. The normalized spacial score (nSPS) is 52.9. The third-order valence-corrected chi connectivity index (χ3v) is 8.91. The molecule has 0 aliphatic heterocycles. The van der Waals surface area contributed by atoms with Crippen molar-refractivity contribution in [1.29, 1.82) is 0 Å². The van der Waals surface area contributed by atoms with Crippen LogP contribution in [0.4, 0.5) is 0 Å². The molecule has 0 aromatic carbocycles. The van der Waals surface area contributed by atoms with Crippen LogP contribution in [0.3, 0.4) is 0 Å². The molecule has 4 aliphatic carbocycles. The predicted octanol–water partition coefficient (Wildman–Crippen LogP) is 5.16. The number of alkyl halides is 2. The Morgan fingerprint density at radius 1 is 0.783 bits per heavy atom. The van der Waals surface area contributed by atoms with Gasteiger partial charge in [-0.25, -0.2) is 0 Å². The predicted molar refractivity (Wildman–Crippen MR) is 92.9 cm³/mol. The third-order valence-electron chi connectivity index (χ3n) is 7.68. The number of hydrogen-bond acceptors (Lipinski definition) is 1. The van der Waals surface area contributed by atoms with Crippen LogP contribution in [0.2, 0.25) is 0 Å². The van der Waals surface area contributed by atoms with Crippen molar-refractivity contribution in [2.75, 3.05) is 0 Å². The highest BCUT2D eigenvalue weighted by Crippen LogP contribution is 2.58. The molecule has 4 rings (SSSR count). The van der Waals surface area contributed by atoms with Crippen LogP contribution >= 0.6 is 23.2 Å². The van der Waals surface area contributed by atoms with E-state index in [4.69, 9.17) is 23.2 Å². The maximum absolute atomic E-state index is 11.7. The molecular weight excluding hydrogens is 331 g/mol. The second kappa shape index (κ2) is 6.41. The molecule has 4 aliphatic rings. The lowest BCUT2D eigenvalue weighted by Gasteiger charge is -2.56. The van der Waals surface area contributed by atoms with E-state index in [1.807, 2.05) is 0 Å². The number of halogens is 2. The Hall–Kier alpha value is 0.0500. The van der Waals surface area contributed by atoms with Crippen LogP contribution < -0.4 is 0 Å². The van der Waals surface area contributed by atoms with Gasteiger partial charge in [0, 0.05) is 10.8 Å². The molecule has 0 amide bonds. The van der Waals surface area contributed by atoms with E-state index >= 15 is 0 Å². The highest BCUT2D eigenvalue weighted by Gasteiger charge is 2.55. The summed E-state index contributed by atoms with van der Waals surface area (Å²) in [6.45, 7) is 0. The second-order valence-electron chi connectivity index (χ2n) is 8.61. The van der Waals surface area contributed by atoms with Gasteiger partial charge in [-0.3, -0.25) is 4.79 Å². The Balaban J connectivity index is 1.59. The average molecular weight is 359 g/mol. The molecule has 0 bridgehead atoms. The first-order chi connectivity index (χ1) is 11.1. The van der Waals surface area contributed by atoms with Gasteiger partial charge in [-0.1, -0.05) is 25.7 Å². The van der Waals surface area contributed by atoms with Crippen molar-refractivity contribution in [2.24, 2.45) is 41.4 Å². The minimum atomic E-state index is -0.601. The van der Waals surface area contributed by atoms with Crippen molar-refractivity contribution in [3.05, 3.63) is 0 Å². The summed E-state index contributed by atoms with van der Waals surface area (Å²) < 4.78 is 0. The van der Waals surface area contributed by atoms with Crippen LogP contribution in [0.5, 0.6) is 0 Å². The van der Waals surface area contributed by atoms with Gasteiger partial charge in [-0.2, -0.15) is 0 Å². The summed E-state index contributed by atoms with van der Waals surface area (Å²) in [5, 5.41) is 9.93. The third kappa shape index (κ3) is 2.72. The van der Waals surface area contributed by atoms with Gasteiger partial charge in [-0.05, 0) is 67.6 Å². The van der Waals surface area contributed by atoms with E-state index < -0.39 is 5.97 Å². The first-order valence-corrected chi connectivity index (χ1v) is 10.5. The van der Waals surface area contributed by atoms with Crippen molar-refractivity contribution >= 4 is 29.2 Å². The first kappa shape index (κ1) is 16.5. The molecule has 0 radical (unpaired) electrons. The minimum absolute atomic E-state index is 0.0891. The second-order valence-corrected chi connectivity index (χ2v) is 9.62. The van der Waals surface area contributed by atoms with Crippen LogP contribution in [-0.4, -0.2) is 21.8 Å². The highest BCUT2D eigenvalue weighted by atomic mass is 35.5. The van der Waals surface area contributed by atoms with Crippen molar-refractivity contribution in [3.8, 4) is 0 Å². The maximum atomic E-state index is 11.7. The molecule has 23 heavy (non-hydrogen) atoms. The van der Waals surface area contributed by atoms with E-state index in [2.05, 4.69) is 0 Å². The molecule has 2 nitrogen and oxygen atoms in total. The molecular formula is C19H28Cl2O2. The molecule has 1 N–H and O–H groups in total. The largest absolute Gasteiger partial charge is 0.481 e. The van der Waals surface area contributed by atoms with Crippen LogP contribution in [0.25, 0.3) is 0 Å². The zero-order valence-electron chi connectivity index (χ0n) is 13.7. The Morgan fingerprint density at radius 2 is 1.48 bits per heavy atom. The molecule has 4 fully saturated rings. The van der Waals surface area contributed by atoms with Crippen molar-refractivity contribution in [1.82, 2.24) is 0 Å². The highest BCUT2D eigenvalue weighted by molar-refractivity contribution is 6.24. The zero-order valence-corrected chi connectivity index (χ0v) is 15.2. The average Bonchev–Trinajstić information content (AvgIpc) is 2.54. The van der Waals surface area contributed by atoms with E-state index in [-0.39, 0.29) is 22.6 Å². The van der Waals surface area contributed by atoms with E-state index in [1.54, 1.807) is 0 Å². The molecule has 130 valence electrons. The van der Waals surface area contributed by atoms with Gasteiger partial charge in [0.15, 0.2) is 0 Å². The number of aliphatic carboxylic acids is 1. The lowest BCUT2D eigenvalue weighted by atomic mass is 9.52. The summed E-state index contributed by atoms with van der Waals surface area (Å²) in [6.07, 6.45) is 10.5. The Bertz CT molecular complexity index is 468. The number of carbonyl (C=O) groups is 1. The lowest BCUT2D eigenvalue weighted by molar-refractivity contribution is -0.148. The fourth-order valence-electron chi connectivity index (χ4n) is 6.70. The lowest BCUT2D eigenvalue weighted by Crippen LogP contribution is -2.55. The maximum Gasteiger partial charge on any atom is 0.306 e. The van der Waals surface area contributed by atoms with Crippen molar-refractivity contribution in [3.63, 3.8) is 0 Å². The molecule has 4 saturated carbocycles. The van der Waals surface area contributed by atoms with Crippen molar-refractivity contribution in [2.45, 2.75) is 68.5 Å². The topological polar surface area (TPSA) is 37.3 Å². The molecule has 0 heterocycles. The van der Waals surface area contributed by atoms with Gasteiger partial charge in [0.05, 0.1) is 5.92 Å². The summed E-state index contributed by atoms with van der Waals surface area (Å²) in [5.74, 6) is 2.27. The smallest absolute Gasteiger partial charge is 0.306 e. The Labute approximate surface area is 149 Å². The molecule has 9 unspecified atom stereocenters. The number of fused-ring (bicyclic) bond motifs is 3. The number of rotatable bonds is 1. The van der Waals surface area contributed by atoms with Gasteiger partial charge in [0.2, 0.25) is 0 Å². The Kier molecular flexibility index (Phi) is 4.60. The zero-order chi connectivity index (χ0) is 16.1. The van der Waals surface area contributed by atoms with E-state index in [0.717, 1.165) is 31.6 Å². The van der Waals surface area contributed by atoms with Crippen molar-refractivity contribution < 1.29 is 9.90 Å². The van der Waals surface area contributed by atoms with E-state index in [1.165, 1.54) is 32.1 Å². The van der Waals surface area contributed by atoms with Gasteiger partial charge >= 0.3 is 5.97 Å². The number of carboxylic acids is 1. The molecule has 0 aromatic rings. The summed E-state index contributed by atoms with van der Waals surface area (Å²) in [6, 6.07) is 0. The summed E-state index contributed by atoms with van der Waals surface area (Å²) in [4.78, 5) is 11.7. The van der Waals surface area contributed by atoms with E-state index in [0.29, 0.717) is 23.7 Å². The van der Waals surface area contributed by atoms with Gasteiger partial charge in [-0.15, -0.1) is 23.2 Å². The van der Waals surface area contributed by atoms with E-state index in [9.17, 15) is 9.90 Å². The molecule has 0 spiro atoms. The Morgan fingerprint density at radius 3 is 2.26 bits per heavy atom. The quantitative estimate of drug-likeness (QED) is 0.656. The van der Waals surface area contributed by atoms with Gasteiger partial charge < -0.3 is 5.11 Å². The number of hydrogen-bond donors (Lipinski definition) is 1. The molecule has 4 heteroatoms. The molecule has 9 atom stereocenters. The summed E-state index contributed by atoms with van der Waals surface area (Å²) in [7, 11) is 0. The van der Waals surface area contributed by atoms with Crippen LogP contribution in [-0.2, 0) is 4.79 Å². The SMILES string of the molecule is O=C(O)C1CCCC2C(Cl)C3C(CC4CCCCC4C3Cl)CC12. The van der Waals surface area contributed by atoms with Gasteiger partial charge in [0.1, 0.15) is 0 Å². The van der Waals surface area contributed by atoms with Crippen LogP contribution in [0.1, 0.15) is 57.8 Å².